The molecular formula is C29H36ClNO4. The molecule has 2 fully saturated rings. The number of carbonyl (C=O) groups is 1. The number of nitrogens with one attached hydrogen (secondary N) is 1. The number of hydrogen-bond donors (Lipinski definition) is 1. The molecule has 5 rings (SSSR count). The molecule has 1 unspecified atom stereocenters. The van der Waals surface area contributed by atoms with Gasteiger partial charge < -0.3 is 19.5 Å². The fourth-order valence-corrected chi connectivity index (χ4v) is 6.19. The summed E-state index contributed by atoms with van der Waals surface area (Å²) in [4.78, 5) is 13.2. The van der Waals surface area contributed by atoms with Gasteiger partial charge in [-0.2, -0.15) is 0 Å². The summed E-state index contributed by atoms with van der Waals surface area (Å²) in [7, 11) is 1.67. The van der Waals surface area contributed by atoms with Gasteiger partial charge in [0, 0.05) is 23.4 Å². The van der Waals surface area contributed by atoms with Crippen LogP contribution in [0.3, 0.4) is 0 Å². The van der Waals surface area contributed by atoms with E-state index in [-0.39, 0.29) is 23.7 Å². The van der Waals surface area contributed by atoms with Crippen LogP contribution in [0.25, 0.3) is 0 Å². The van der Waals surface area contributed by atoms with E-state index in [9.17, 15) is 4.79 Å². The van der Waals surface area contributed by atoms with Gasteiger partial charge in [-0.25, -0.2) is 0 Å². The molecular weight excluding hydrogens is 462 g/mol. The third-order valence-corrected chi connectivity index (χ3v) is 8.07. The van der Waals surface area contributed by atoms with Gasteiger partial charge in [-0.05, 0) is 87.6 Å². The van der Waals surface area contributed by atoms with Gasteiger partial charge in [-0.1, -0.05) is 30.2 Å². The van der Waals surface area contributed by atoms with Crippen LogP contribution in [0.4, 0.5) is 0 Å². The maximum absolute atomic E-state index is 13.2. The molecule has 1 atom stereocenters. The Kier molecular flexibility index (Phi) is 7.43. The van der Waals surface area contributed by atoms with Gasteiger partial charge in [-0.15, -0.1) is 0 Å². The molecule has 1 spiro atoms. The number of methoxy groups -OCH3 is 1. The van der Waals surface area contributed by atoms with Gasteiger partial charge in [-0.3, -0.25) is 4.79 Å². The van der Waals surface area contributed by atoms with Crippen molar-refractivity contribution in [3.63, 3.8) is 0 Å². The number of rotatable bonds is 7. The first-order valence-electron chi connectivity index (χ1n) is 13.2. The number of benzene rings is 2. The third-order valence-electron chi connectivity index (χ3n) is 7.84. The van der Waals surface area contributed by atoms with Crippen LogP contribution in [0, 0.1) is 0 Å². The summed E-state index contributed by atoms with van der Waals surface area (Å²) in [6.45, 7) is 0. The van der Waals surface area contributed by atoms with Crippen LogP contribution in [-0.2, 0) is 11.2 Å². The van der Waals surface area contributed by atoms with E-state index in [1.54, 1.807) is 7.11 Å². The predicted molar refractivity (Wildman–Crippen MR) is 138 cm³/mol. The van der Waals surface area contributed by atoms with Crippen molar-refractivity contribution in [1.29, 1.82) is 0 Å². The van der Waals surface area contributed by atoms with Crippen molar-refractivity contribution in [2.45, 2.75) is 94.8 Å². The lowest BCUT2D eigenvalue weighted by Gasteiger charge is -2.44. The minimum atomic E-state index is -0.188. The molecule has 3 aliphatic rings. The normalized spacial score (nSPS) is 21.3. The standard InChI is InChI=1S/C29H36ClNO4/c1-33-26-11-7-8-20(28(26)34-22-9-3-4-10-22)12-15-27(32)31-24-19-29(16-5-2-6-17-29)35-25-14-13-21(30)18-23(24)25/h7-8,11,13-14,18,22,24H,2-6,9-10,12,15-17,19H2,1H3,(H,31,32). The molecule has 1 N–H and O–H groups in total. The highest BCUT2D eigenvalue weighted by Crippen LogP contribution is 2.47. The van der Waals surface area contributed by atoms with Crippen LogP contribution in [0.2, 0.25) is 5.02 Å². The molecule has 35 heavy (non-hydrogen) atoms. The minimum Gasteiger partial charge on any atom is -0.493 e. The lowest BCUT2D eigenvalue weighted by molar-refractivity contribution is -0.122. The zero-order valence-corrected chi connectivity index (χ0v) is 21.4. The number of halogens is 1. The van der Waals surface area contributed by atoms with E-state index in [1.165, 1.54) is 32.1 Å². The van der Waals surface area contributed by atoms with Crippen molar-refractivity contribution in [2.24, 2.45) is 0 Å². The Bertz CT molecular complexity index is 1040. The summed E-state index contributed by atoms with van der Waals surface area (Å²) in [6, 6.07) is 11.6. The number of amides is 1. The Hall–Kier alpha value is -2.40. The quantitative estimate of drug-likeness (QED) is 0.450. The topological polar surface area (TPSA) is 56.8 Å². The molecule has 188 valence electrons. The number of fused-ring (bicyclic) bond motifs is 1. The number of ether oxygens (including phenoxy) is 3. The SMILES string of the molecule is COc1cccc(CCC(=O)NC2CC3(CCCCC3)Oc3ccc(Cl)cc32)c1OC1CCCC1. The Morgan fingerprint density at radius 1 is 1.11 bits per heavy atom. The molecule has 1 heterocycles. The van der Waals surface area contributed by atoms with Crippen LogP contribution in [-0.4, -0.2) is 24.7 Å². The first-order valence-corrected chi connectivity index (χ1v) is 13.5. The molecule has 2 aromatic rings. The predicted octanol–water partition coefficient (Wildman–Crippen LogP) is 6.95. The van der Waals surface area contributed by atoms with Crippen LogP contribution in [0.15, 0.2) is 36.4 Å². The molecule has 2 aromatic carbocycles. The molecule has 5 nitrogen and oxygen atoms in total. The third kappa shape index (κ3) is 5.55. The summed E-state index contributed by atoms with van der Waals surface area (Å²) in [6.07, 6.45) is 12.2. The van der Waals surface area contributed by atoms with E-state index in [1.807, 2.05) is 36.4 Å². The maximum atomic E-state index is 13.2. The highest BCUT2D eigenvalue weighted by molar-refractivity contribution is 6.30. The van der Waals surface area contributed by atoms with E-state index in [4.69, 9.17) is 25.8 Å². The maximum Gasteiger partial charge on any atom is 0.220 e. The van der Waals surface area contributed by atoms with Crippen molar-refractivity contribution in [2.75, 3.05) is 7.11 Å². The Balaban J connectivity index is 1.29. The molecule has 2 saturated carbocycles. The summed E-state index contributed by atoms with van der Waals surface area (Å²) < 4.78 is 18.5. The average molecular weight is 498 g/mol. The average Bonchev–Trinajstić information content (AvgIpc) is 3.37. The smallest absolute Gasteiger partial charge is 0.220 e. The van der Waals surface area contributed by atoms with E-state index in [2.05, 4.69) is 5.32 Å². The lowest BCUT2D eigenvalue weighted by Crippen LogP contribution is -2.46. The molecule has 0 saturated heterocycles. The van der Waals surface area contributed by atoms with Gasteiger partial charge in [0.25, 0.3) is 0 Å². The Morgan fingerprint density at radius 2 is 1.91 bits per heavy atom. The fraction of sp³-hybridized carbons (Fsp3) is 0.552. The zero-order chi connectivity index (χ0) is 24.3. The molecule has 6 heteroatoms. The number of para-hydroxylation sites is 1. The molecule has 0 bridgehead atoms. The molecule has 0 aromatic heterocycles. The highest BCUT2D eigenvalue weighted by atomic mass is 35.5. The monoisotopic (exact) mass is 497 g/mol. The highest BCUT2D eigenvalue weighted by Gasteiger charge is 2.42. The van der Waals surface area contributed by atoms with Crippen LogP contribution in [0.1, 0.15) is 87.8 Å². The Morgan fingerprint density at radius 3 is 2.69 bits per heavy atom. The van der Waals surface area contributed by atoms with Crippen molar-refractivity contribution in [3.05, 3.63) is 52.5 Å². The van der Waals surface area contributed by atoms with Crippen molar-refractivity contribution in [1.82, 2.24) is 5.32 Å². The second-order valence-electron chi connectivity index (χ2n) is 10.3. The van der Waals surface area contributed by atoms with Crippen molar-refractivity contribution < 1.29 is 19.0 Å². The summed E-state index contributed by atoms with van der Waals surface area (Å²) >= 11 is 6.32. The van der Waals surface area contributed by atoms with Crippen LogP contribution in [0.5, 0.6) is 17.2 Å². The largest absolute Gasteiger partial charge is 0.493 e. The van der Waals surface area contributed by atoms with Gasteiger partial charge in [0.05, 0.1) is 19.3 Å². The molecule has 0 radical (unpaired) electrons. The van der Waals surface area contributed by atoms with Crippen LogP contribution < -0.4 is 19.5 Å². The van der Waals surface area contributed by atoms with Crippen molar-refractivity contribution >= 4 is 17.5 Å². The molecule has 1 amide bonds. The van der Waals surface area contributed by atoms with Crippen LogP contribution >= 0.6 is 11.6 Å². The summed E-state index contributed by atoms with van der Waals surface area (Å²) in [5, 5.41) is 3.98. The van der Waals surface area contributed by atoms with E-state index < -0.39 is 0 Å². The van der Waals surface area contributed by atoms with Gasteiger partial charge in [0.15, 0.2) is 11.5 Å². The first-order chi connectivity index (χ1) is 17.0. The zero-order valence-electron chi connectivity index (χ0n) is 20.6. The number of aryl methyl sites for hydroxylation is 1. The van der Waals surface area contributed by atoms with Gasteiger partial charge >= 0.3 is 0 Å². The minimum absolute atomic E-state index is 0.0309. The second-order valence-corrected chi connectivity index (χ2v) is 10.8. The number of carbonyl (C=O) groups excluding carboxylic acids is 1. The fourth-order valence-electron chi connectivity index (χ4n) is 6.01. The Labute approximate surface area is 213 Å². The van der Waals surface area contributed by atoms with Gasteiger partial charge in [0.1, 0.15) is 11.4 Å². The number of hydrogen-bond acceptors (Lipinski definition) is 4. The summed E-state index contributed by atoms with van der Waals surface area (Å²) in [5.41, 5.74) is 1.81. The molecule has 1 aliphatic heterocycles. The van der Waals surface area contributed by atoms with Gasteiger partial charge in [0.2, 0.25) is 5.91 Å². The van der Waals surface area contributed by atoms with E-state index in [0.29, 0.717) is 17.9 Å². The lowest BCUT2D eigenvalue weighted by atomic mass is 9.77. The second kappa shape index (κ2) is 10.7. The summed E-state index contributed by atoms with van der Waals surface area (Å²) in [5.74, 6) is 2.41. The van der Waals surface area contributed by atoms with E-state index >= 15 is 0 Å². The first kappa shape index (κ1) is 24.3. The van der Waals surface area contributed by atoms with E-state index in [0.717, 1.165) is 60.5 Å². The van der Waals surface area contributed by atoms with Crippen molar-refractivity contribution in [3.8, 4) is 17.2 Å². The molecule has 2 aliphatic carbocycles.